The molecule has 2 unspecified atom stereocenters. The van der Waals surface area contributed by atoms with Crippen molar-refractivity contribution >= 4 is 17.5 Å². The van der Waals surface area contributed by atoms with E-state index in [9.17, 15) is 18.4 Å². The third-order valence-electron chi connectivity index (χ3n) is 4.63. The first-order valence-electron chi connectivity index (χ1n) is 8.11. The number of anilines is 1. The molecule has 6 heteroatoms. The summed E-state index contributed by atoms with van der Waals surface area (Å²) in [6.07, 6.45) is 5.83. The Labute approximate surface area is 133 Å². The number of hydrogen-bond acceptors (Lipinski definition) is 2. The number of amides is 2. The van der Waals surface area contributed by atoms with Gasteiger partial charge in [-0.15, -0.1) is 0 Å². The summed E-state index contributed by atoms with van der Waals surface area (Å²) in [6, 6.07) is 3.60. The van der Waals surface area contributed by atoms with Gasteiger partial charge >= 0.3 is 0 Å². The highest BCUT2D eigenvalue weighted by Gasteiger charge is 2.48. The molecule has 2 aliphatic carbocycles. The molecule has 2 saturated carbocycles. The fraction of sp³-hybridized carbons (Fsp3) is 0.529. The standard InChI is InChI=1S/C17H20F2N2O2/c18-13-7-4-8-14(19)15(13)21-17(23)12-9-11(12)16(22)20-10-5-2-1-3-6-10/h4,7-8,10-12H,1-3,5-6,9H2,(H,20,22)(H,21,23). The van der Waals surface area contributed by atoms with Crippen LogP contribution in [0, 0.1) is 23.5 Å². The van der Waals surface area contributed by atoms with Gasteiger partial charge in [-0.3, -0.25) is 9.59 Å². The summed E-state index contributed by atoms with van der Waals surface area (Å²) < 4.78 is 27.1. The summed E-state index contributed by atoms with van der Waals surface area (Å²) in [5.74, 6) is -3.14. The van der Waals surface area contributed by atoms with E-state index in [1.165, 1.54) is 12.5 Å². The molecule has 0 spiro atoms. The zero-order valence-corrected chi connectivity index (χ0v) is 12.8. The summed E-state index contributed by atoms with van der Waals surface area (Å²) in [7, 11) is 0. The lowest BCUT2D eigenvalue weighted by Gasteiger charge is -2.22. The summed E-state index contributed by atoms with van der Waals surface area (Å²) in [5, 5.41) is 5.25. The quantitative estimate of drug-likeness (QED) is 0.895. The molecule has 0 aliphatic heterocycles. The molecule has 2 aliphatic rings. The number of para-hydroxylation sites is 1. The van der Waals surface area contributed by atoms with Crippen molar-refractivity contribution in [3.8, 4) is 0 Å². The lowest BCUT2D eigenvalue weighted by molar-refractivity contribution is -0.126. The van der Waals surface area contributed by atoms with Crippen LogP contribution in [-0.4, -0.2) is 17.9 Å². The van der Waals surface area contributed by atoms with Crippen molar-refractivity contribution in [2.75, 3.05) is 5.32 Å². The van der Waals surface area contributed by atoms with Gasteiger partial charge < -0.3 is 10.6 Å². The van der Waals surface area contributed by atoms with Gasteiger partial charge in [-0.25, -0.2) is 8.78 Å². The Balaban J connectivity index is 1.53. The fourth-order valence-electron chi connectivity index (χ4n) is 3.16. The monoisotopic (exact) mass is 322 g/mol. The van der Waals surface area contributed by atoms with Gasteiger partial charge in [-0.1, -0.05) is 25.3 Å². The second-order valence-corrected chi connectivity index (χ2v) is 6.38. The number of carbonyl (C=O) groups excluding carboxylic acids is 2. The molecule has 0 bridgehead atoms. The molecule has 0 heterocycles. The number of halogens is 2. The van der Waals surface area contributed by atoms with Gasteiger partial charge in [0.25, 0.3) is 0 Å². The predicted octanol–water partition coefficient (Wildman–Crippen LogP) is 2.99. The van der Waals surface area contributed by atoms with Crippen LogP contribution in [0.1, 0.15) is 38.5 Å². The van der Waals surface area contributed by atoms with E-state index in [-0.39, 0.29) is 17.9 Å². The summed E-state index contributed by atoms with van der Waals surface area (Å²) in [5.41, 5.74) is -0.448. The topological polar surface area (TPSA) is 58.2 Å². The minimum atomic E-state index is -0.817. The van der Waals surface area contributed by atoms with E-state index < -0.39 is 29.1 Å². The number of carbonyl (C=O) groups is 2. The van der Waals surface area contributed by atoms with Crippen LogP contribution in [0.25, 0.3) is 0 Å². The predicted molar refractivity (Wildman–Crippen MR) is 81.6 cm³/mol. The van der Waals surface area contributed by atoms with Crippen molar-refractivity contribution in [3.63, 3.8) is 0 Å². The maximum Gasteiger partial charge on any atom is 0.228 e. The molecule has 23 heavy (non-hydrogen) atoms. The third-order valence-corrected chi connectivity index (χ3v) is 4.63. The van der Waals surface area contributed by atoms with Gasteiger partial charge in [0.15, 0.2) is 0 Å². The van der Waals surface area contributed by atoms with Gasteiger partial charge in [0.2, 0.25) is 11.8 Å². The molecule has 0 aromatic heterocycles. The minimum Gasteiger partial charge on any atom is -0.353 e. The SMILES string of the molecule is O=C(Nc1c(F)cccc1F)C1CC1C(=O)NC1CCCCC1. The molecule has 2 fully saturated rings. The van der Waals surface area contributed by atoms with Gasteiger partial charge in [0.1, 0.15) is 17.3 Å². The van der Waals surface area contributed by atoms with Crippen LogP contribution in [0.3, 0.4) is 0 Å². The van der Waals surface area contributed by atoms with Crippen LogP contribution < -0.4 is 10.6 Å². The van der Waals surface area contributed by atoms with Gasteiger partial charge in [-0.2, -0.15) is 0 Å². The van der Waals surface area contributed by atoms with E-state index in [1.54, 1.807) is 0 Å². The molecule has 2 amide bonds. The van der Waals surface area contributed by atoms with Gasteiger partial charge in [0, 0.05) is 6.04 Å². The smallest absolute Gasteiger partial charge is 0.228 e. The largest absolute Gasteiger partial charge is 0.353 e. The number of hydrogen-bond donors (Lipinski definition) is 2. The second kappa shape index (κ2) is 6.64. The molecule has 2 atom stereocenters. The Hall–Kier alpha value is -1.98. The molecule has 0 saturated heterocycles. The summed E-state index contributed by atoms with van der Waals surface area (Å²) in [6.45, 7) is 0. The zero-order chi connectivity index (χ0) is 16.4. The maximum atomic E-state index is 13.5. The lowest BCUT2D eigenvalue weighted by Crippen LogP contribution is -2.37. The normalized spacial score (nSPS) is 24.1. The van der Waals surface area contributed by atoms with Crippen molar-refractivity contribution in [2.45, 2.75) is 44.6 Å². The van der Waals surface area contributed by atoms with Crippen LogP contribution in [0.5, 0.6) is 0 Å². The molecule has 0 radical (unpaired) electrons. The molecule has 4 nitrogen and oxygen atoms in total. The Bertz CT molecular complexity index is 594. The fourth-order valence-corrected chi connectivity index (χ4v) is 3.16. The molecule has 124 valence electrons. The van der Waals surface area contributed by atoms with E-state index in [0.29, 0.717) is 6.42 Å². The molecule has 3 rings (SSSR count). The molecule has 1 aromatic rings. The molecular formula is C17H20F2N2O2. The van der Waals surface area contributed by atoms with Gasteiger partial charge in [0.05, 0.1) is 11.8 Å². The molecular weight excluding hydrogens is 302 g/mol. The van der Waals surface area contributed by atoms with E-state index in [0.717, 1.165) is 37.8 Å². The number of benzene rings is 1. The second-order valence-electron chi connectivity index (χ2n) is 6.38. The average molecular weight is 322 g/mol. The van der Waals surface area contributed by atoms with Crippen LogP contribution in [0.2, 0.25) is 0 Å². The van der Waals surface area contributed by atoms with Crippen LogP contribution in [0.15, 0.2) is 18.2 Å². The van der Waals surface area contributed by atoms with E-state index in [1.807, 2.05) is 0 Å². The highest BCUT2D eigenvalue weighted by atomic mass is 19.1. The third kappa shape index (κ3) is 3.68. The van der Waals surface area contributed by atoms with Crippen molar-refractivity contribution in [2.24, 2.45) is 11.8 Å². The number of nitrogens with one attached hydrogen (secondary N) is 2. The average Bonchev–Trinajstić information content (AvgIpc) is 3.33. The van der Waals surface area contributed by atoms with Crippen molar-refractivity contribution in [1.82, 2.24) is 5.32 Å². The Morgan fingerprint density at radius 2 is 1.57 bits per heavy atom. The van der Waals surface area contributed by atoms with E-state index >= 15 is 0 Å². The Kier molecular flexibility index (Phi) is 4.59. The summed E-state index contributed by atoms with van der Waals surface area (Å²) in [4.78, 5) is 24.2. The lowest BCUT2D eigenvalue weighted by atomic mass is 9.95. The highest BCUT2D eigenvalue weighted by Crippen LogP contribution is 2.40. The first kappa shape index (κ1) is 15.9. The van der Waals surface area contributed by atoms with Crippen molar-refractivity contribution in [3.05, 3.63) is 29.8 Å². The van der Waals surface area contributed by atoms with Crippen LogP contribution >= 0.6 is 0 Å². The van der Waals surface area contributed by atoms with Crippen molar-refractivity contribution < 1.29 is 18.4 Å². The number of rotatable bonds is 4. The van der Waals surface area contributed by atoms with Crippen molar-refractivity contribution in [1.29, 1.82) is 0 Å². The van der Waals surface area contributed by atoms with Crippen LogP contribution in [0.4, 0.5) is 14.5 Å². The first-order chi connectivity index (χ1) is 11.1. The highest BCUT2D eigenvalue weighted by molar-refractivity contribution is 5.99. The minimum absolute atomic E-state index is 0.119. The first-order valence-corrected chi connectivity index (χ1v) is 8.11. The molecule has 2 N–H and O–H groups in total. The van der Waals surface area contributed by atoms with Gasteiger partial charge in [-0.05, 0) is 31.4 Å². The molecule has 1 aromatic carbocycles. The van der Waals surface area contributed by atoms with E-state index in [2.05, 4.69) is 10.6 Å². The summed E-state index contributed by atoms with van der Waals surface area (Å²) >= 11 is 0. The zero-order valence-electron chi connectivity index (χ0n) is 12.8. The Morgan fingerprint density at radius 3 is 2.22 bits per heavy atom. The maximum absolute atomic E-state index is 13.5. The van der Waals surface area contributed by atoms with E-state index in [4.69, 9.17) is 0 Å². The Morgan fingerprint density at radius 1 is 0.957 bits per heavy atom. The van der Waals surface area contributed by atoms with Crippen LogP contribution in [-0.2, 0) is 9.59 Å².